The predicted molar refractivity (Wildman–Crippen MR) is 98.5 cm³/mol. The van der Waals surface area contributed by atoms with E-state index in [1.807, 2.05) is 4.90 Å². The van der Waals surface area contributed by atoms with Crippen LogP contribution in [0.25, 0.3) is 0 Å². The molecule has 2 saturated carbocycles. The summed E-state index contributed by atoms with van der Waals surface area (Å²) in [5, 5.41) is 13.6. The third-order valence-electron chi connectivity index (χ3n) is 5.37. The van der Waals surface area contributed by atoms with Gasteiger partial charge in [0.05, 0.1) is 23.6 Å². The van der Waals surface area contributed by atoms with Gasteiger partial charge in [-0.1, -0.05) is 16.1 Å². The summed E-state index contributed by atoms with van der Waals surface area (Å²) in [4.78, 5) is 26.9. The quantitative estimate of drug-likeness (QED) is 0.668. The number of nitrogens with zero attached hydrogens (tertiary/aromatic N) is 3. The van der Waals surface area contributed by atoms with Crippen molar-refractivity contribution in [2.45, 2.75) is 55.2 Å². The Morgan fingerprint density at radius 1 is 1.23 bits per heavy atom. The highest BCUT2D eigenvalue weighted by atomic mass is 35.5. The van der Waals surface area contributed by atoms with Gasteiger partial charge in [0.2, 0.25) is 5.91 Å². The van der Waals surface area contributed by atoms with Gasteiger partial charge in [0, 0.05) is 23.3 Å². The Morgan fingerprint density at radius 2 is 2.04 bits per heavy atom. The summed E-state index contributed by atoms with van der Waals surface area (Å²) in [5.41, 5.74) is 0.743. The van der Waals surface area contributed by atoms with E-state index in [1.165, 1.54) is 24.4 Å². The second kappa shape index (κ2) is 6.59. The molecule has 3 amide bonds. The first-order chi connectivity index (χ1) is 12.6. The van der Waals surface area contributed by atoms with Crippen LogP contribution >= 0.6 is 34.9 Å². The number of imide groups is 1. The molecule has 8 nitrogen and oxygen atoms in total. The molecule has 0 spiro atoms. The second-order valence-electron chi connectivity index (χ2n) is 7.28. The first-order valence-corrected chi connectivity index (χ1v) is 11.1. The zero-order valence-electron chi connectivity index (χ0n) is 13.9. The van der Waals surface area contributed by atoms with Gasteiger partial charge in [0.1, 0.15) is 10.0 Å². The van der Waals surface area contributed by atoms with Crippen molar-refractivity contribution in [2.24, 2.45) is 11.8 Å². The molecule has 2 aliphatic carbocycles. The molecule has 11 heteroatoms. The summed E-state index contributed by atoms with van der Waals surface area (Å²) < 4.78 is 4.46. The Bertz CT molecular complexity index is 739. The molecule has 4 unspecified atom stereocenters. The van der Waals surface area contributed by atoms with Crippen molar-refractivity contribution >= 4 is 46.8 Å². The van der Waals surface area contributed by atoms with Gasteiger partial charge < -0.3 is 4.90 Å². The van der Waals surface area contributed by atoms with Gasteiger partial charge in [0.25, 0.3) is 0 Å². The lowest BCUT2D eigenvalue weighted by Crippen LogP contribution is -2.75. The van der Waals surface area contributed by atoms with Gasteiger partial charge in [-0.2, -0.15) is 0 Å². The van der Waals surface area contributed by atoms with E-state index in [0.717, 1.165) is 18.5 Å². The smallest absolute Gasteiger partial charge is 0.305 e. The predicted octanol–water partition coefficient (Wildman–Crippen LogP) is 1.34. The highest BCUT2D eigenvalue weighted by Gasteiger charge is 2.54. The molecule has 140 valence electrons. The molecule has 3 N–H and O–H groups in total. The Hall–Kier alpha value is -0.940. The lowest BCUT2D eigenvalue weighted by atomic mass is 9.97. The molecule has 3 heterocycles. The van der Waals surface area contributed by atoms with E-state index in [9.17, 15) is 9.59 Å². The van der Waals surface area contributed by atoms with Crippen LogP contribution < -0.4 is 16.0 Å². The topological polar surface area (TPSA) is 99.2 Å². The summed E-state index contributed by atoms with van der Waals surface area (Å²) in [5.74, 6) is 0.577. The number of nitrogens with one attached hydrogen (secondary N) is 3. The summed E-state index contributed by atoms with van der Waals surface area (Å²) in [6.07, 6.45) is 4.22. The molecule has 0 bridgehead atoms. The van der Waals surface area contributed by atoms with Crippen LogP contribution in [-0.4, -0.2) is 50.2 Å². The number of thioether (sulfide) groups is 1. The van der Waals surface area contributed by atoms with Gasteiger partial charge in [-0.3, -0.25) is 20.7 Å². The number of carbonyl (C=O) groups is 2. The Balaban J connectivity index is 1.39. The fourth-order valence-corrected chi connectivity index (χ4v) is 5.81. The fourth-order valence-electron chi connectivity index (χ4n) is 3.75. The monoisotopic (exact) mass is 414 g/mol. The number of hydrogen-bond donors (Lipinski definition) is 3. The van der Waals surface area contributed by atoms with E-state index in [4.69, 9.17) is 11.6 Å². The van der Waals surface area contributed by atoms with Crippen LogP contribution in [0.15, 0.2) is 0 Å². The number of rotatable bonds is 5. The molecular formula is C15H19ClN6O2S2. The number of hydrogen-bond acceptors (Lipinski definition) is 8. The average Bonchev–Trinajstić information content (AvgIpc) is 3.51. The molecule has 4 atom stereocenters. The van der Waals surface area contributed by atoms with Gasteiger partial charge >= 0.3 is 6.03 Å². The van der Waals surface area contributed by atoms with Crippen molar-refractivity contribution in [3.8, 4) is 0 Å². The average molecular weight is 415 g/mol. The molecule has 0 radical (unpaired) electrons. The van der Waals surface area contributed by atoms with Crippen LogP contribution in [0.3, 0.4) is 0 Å². The normalized spacial score (nSPS) is 34.6. The Labute approximate surface area is 164 Å². The highest BCUT2D eigenvalue weighted by molar-refractivity contribution is 7.99. The van der Waals surface area contributed by atoms with Gasteiger partial charge in [-0.15, -0.1) is 16.9 Å². The Kier molecular flexibility index (Phi) is 4.35. The fraction of sp³-hybridized carbons (Fsp3) is 0.733. The molecule has 5 rings (SSSR count). The minimum Gasteiger partial charge on any atom is -0.305 e. The standard InChI is InChI=1S/C15H19ClN6O2S2/c16-10-8(20-21-26-10)5-25-14-9-12(17-11(18-14)6-1-2-6)22(7-3-4-7)15(24)19-13(9)23/h6-7,9,11-12,14,17-18H,1-5H2,(H,19,23,24). The van der Waals surface area contributed by atoms with E-state index >= 15 is 0 Å². The minimum atomic E-state index is -0.348. The molecular weight excluding hydrogens is 396 g/mol. The minimum absolute atomic E-state index is 0.112. The largest absolute Gasteiger partial charge is 0.325 e. The van der Waals surface area contributed by atoms with Crippen LogP contribution in [0.1, 0.15) is 31.4 Å². The number of aromatic nitrogens is 2. The zero-order chi connectivity index (χ0) is 17.8. The van der Waals surface area contributed by atoms with Gasteiger partial charge in [-0.25, -0.2) is 4.79 Å². The van der Waals surface area contributed by atoms with E-state index in [-0.39, 0.29) is 41.6 Å². The lowest BCUT2D eigenvalue weighted by molar-refractivity contribution is -0.131. The van der Waals surface area contributed by atoms with Crippen molar-refractivity contribution in [3.05, 3.63) is 10.0 Å². The maximum atomic E-state index is 12.7. The molecule has 2 aliphatic heterocycles. The lowest BCUT2D eigenvalue weighted by Gasteiger charge is -2.49. The number of halogens is 1. The number of amides is 3. The summed E-state index contributed by atoms with van der Waals surface area (Å²) in [6, 6.07) is -0.0259. The van der Waals surface area contributed by atoms with Crippen molar-refractivity contribution in [3.63, 3.8) is 0 Å². The number of urea groups is 1. The first-order valence-electron chi connectivity index (χ1n) is 8.85. The summed E-state index contributed by atoms with van der Waals surface area (Å²) in [6.45, 7) is 0. The van der Waals surface area contributed by atoms with E-state index in [2.05, 4.69) is 25.5 Å². The third kappa shape index (κ3) is 3.11. The second-order valence-corrected chi connectivity index (χ2v) is 9.76. The summed E-state index contributed by atoms with van der Waals surface area (Å²) in [7, 11) is 0. The number of fused-ring (bicyclic) bond motifs is 1. The van der Waals surface area contributed by atoms with Crippen molar-refractivity contribution in [2.75, 3.05) is 0 Å². The van der Waals surface area contributed by atoms with Crippen molar-refractivity contribution in [1.82, 2.24) is 30.4 Å². The highest BCUT2D eigenvalue weighted by Crippen LogP contribution is 2.41. The molecule has 4 aliphatic rings. The number of carbonyl (C=O) groups excluding carboxylic acids is 2. The molecule has 1 aromatic heterocycles. The molecule has 4 fully saturated rings. The summed E-state index contributed by atoms with van der Waals surface area (Å²) >= 11 is 8.90. The van der Waals surface area contributed by atoms with Gasteiger partial charge in [-0.05, 0) is 31.6 Å². The van der Waals surface area contributed by atoms with Crippen LogP contribution in [0.4, 0.5) is 4.79 Å². The maximum Gasteiger partial charge on any atom is 0.325 e. The SMILES string of the molecule is O=C1NC(=O)N(C2CC2)C2NC(C3CC3)NC(SCc3nnsc3Cl)C12. The molecule has 2 saturated heterocycles. The molecule has 26 heavy (non-hydrogen) atoms. The maximum absolute atomic E-state index is 12.7. The van der Waals surface area contributed by atoms with Crippen LogP contribution in [0.2, 0.25) is 4.34 Å². The molecule has 0 aromatic carbocycles. The zero-order valence-corrected chi connectivity index (χ0v) is 16.2. The van der Waals surface area contributed by atoms with Gasteiger partial charge in [0.15, 0.2) is 0 Å². The third-order valence-corrected chi connectivity index (χ3v) is 7.58. The Morgan fingerprint density at radius 3 is 2.69 bits per heavy atom. The van der Waals surface area contributed by atoms with Crippen LogP contribution in [-0.2, 0) is 10.5 Å². The molecule has 1 aromatic rings. The van der Waals surface area contributed by atoms with Crippen molar-refractivity contribution < 1.29 is 9.59 Å². The first kappa shape index (κ1) is 17.2. The van der Waals surface area contributed by atoms with E-state index < -0.39 is 0 Å². The van der Waals surface area contributed by atoms with E-state index in [0.29, 0.717) is 16.0 Å². The van der Waals surface area contributed by atoms with Crippen LogP contribution in [0.5, 0.6) is 0 Å². The van der Waals surface area contributed by atoms with Crippen LogP contribution in [0, 0.1) is 11.8 Å². The van der Waals surface area contributed by atoms with Crippen molar-refractivity contribution in [1.29, 1.82) is 0 Å². The van der Waals surface area contributed by atoms with E-state index in [1.54, 1.807) is 11.8 Å².